The molecule has 2 aromatic carbocycles. The van der Waals surface area contributed by atoms with E-state index in [0.717, 1.165) is 5.56 Å². The molecule has 168 valence electrons. The quantitative estimate of drug-likeness (QED) is 0.444. The van der Waals surface area contributed by atoms with Crippen molar-refractivity contribution < 1.29 is 18.7 Å². The molecule has 8 nitrogen and oxygen atoms in total. The van der Waals surface area contributed by atoms with Gasteiger partial charge in [0.2, 0.25) is 0 Å². The number of hydrogen-bond acceptors (Lipinski definition) is 6. The van der Waals surface area contributed by atoms with Crippen LogP contribution in [0.3, 0.4) is 0 Å². The van der Waals surface area contributed by atoms with Crippen molar-refractivity contribution in [3.05, 3.63) is 89.6 Å². The smallest absolute Gasteiger partial charge is 0.255 e. The second kappa shape index (κ2) is 10.0. The molecule has 0 aliphatic rings. The minimum atomic E-state index is -0.363. The molecule has 0 fully saturated rings. The lowest BCUT2D eigenvalue weighted by Crippen LogP contribution is -2.24. The predicted molar refractivity (Wildman–Crippen MR) is 119 cm³/mol. The van der Waals surface area contributed by atoms with E-state index in [-0.39, 0.29) is 30.8 Å². The van der Waals surface area contributed by atoms with Gasteiger partial charge in [0.15, 0.2) is 0 Å². The summed E-state index contributed by atoms with van der Waals surface area (Å²) in [6.07, 6.45) is 3.06. The van der Waals surface area contributed by atoms with Gasteiger partial charge in [-0.15, -0.1) is 0 Å². The van der Waals surface area contributed by atoms with Gasteiger partial charge in [-0.25, -0.2) is 14.4 Å². The van der Waals surface area contributed by atoms with Crippen molar-refractivity contribution in [2.75, 3.05) is 14.2 Å². The molecule has 0 atom stereocenters. The molecule has 0 aliphatic heterocycles. The van der Waals surface area contributed by atoms with Crippen molar-refractivity contribution in [2.45, 2.75) is 13.2 Å². The molecular weight excluding hydrogens is 425 g/mol. The van der Waals surface area contributed by atoms with Gasteiger partial charge in [-0.2, -0.15) is 9.78 Å². The van der Waals surface area contributed by atoms with Crippen molar-refractivity contribution in [1.82, 2.24) is 25.1 Å². The summed E-state index contributed by atoms with van der Waals surface area (Å²) in [5, 5.41) is 7.12. The molecule has 0 bridgehead atoms. The zero-order valence-corrected chi connectivity index (χ0v) is 18.2. The van der Waals surface area contributed by atoms with E-state index >= 15 is 0 Å². The van der Waals surface area contributed by atoms with E-state index in [1.807, 2.05) is 24.3 Å². The highest BCUT2D eigenvalue weighted by Gasteiger charge is 2.20. The third-order valence-corrected chi connectivity index (χ3v) is 4.95. The summed E-state index contributed by atoms with van der Waals surface area (Å²) in [6.45, 7) is 0.291. The van der Waals surface area contributed by atoms with Gasteiger partial charge in [0.1, 0.15) is 11.6 Å². The number of nitrogens with zero attached hydrogens (tertiary/aromatic N) is 4. The maximum Gasteiger partial charge on any atom is 0.255 e. The summed E-state index contributed by atoms with van der Waals surface area (Å²) in [5.74, 6) is 0.243. The van der Waals surface area contributed by atoms with Gasteiger partial charge < -0.3 is 14.8 Å². The minimum absolute atomic E-state index is 0.116. The average molecular weight is 447 g/mol. The molecule has 33 heavy (non-hydrogen) atoms. The number of para-hydroxylation sites is 1. The molecule has 0 radical (unpaired) electrons. The van der Waals surface area contributed by atoms with Crippen LogP contribution in [0.1, 0.15) is 21.6 Å². The average Bonchev–Trinajstić information content (AvgIpc) is 3.26. The minimum Gasteiger partial charge on any atom is -0.496 e. The zero-order chi connectivity index (χ0) is 23.2. The number of methoxy groups -OCH3 is 2. The molecule has 2 aromatic heterocycles. The summed E-state index contributed by atoms with van der Waals surface area (Å²) in [6, 6.07) is 15.3. The molecule has 0 spiro atoms. The number of halogens is 1. The Morgan fingerprint density at radius 2 is 1.97 bits per heavy atom. The van der Waals surface area contributed by atoms with Crippen molar-refractivity contribution in [2.24, 2.45) is 0 Å². The fourth-order valence-corrected chi connectivity index (χ4v) is 3.39. The lowest BCUT2D eigenvalue weighted by molar-refractivity contribution is 0.0945. The number of carbonyl (C=O) groups excluding carboxylic acids is 1. The van der Waals surface area contributed by atoms with Crippen molar-refractivity contribution >= 4 is 5.91 Å². The molecule has 1 amide bonds. The SMILES string of the molecule is COCc1c(C(=O)NCc2cccc(F)c2)cnn1-c1nccc(-c2ccccc2OC)n1. The molecule has 0 aliphatic carbocycles. The van der Waals surface area contributed by atoms with Crippen LogP contribution >= 0.6 is 0 Å². The first-order valence-electron chi connectivity index (χ1n) is 10.2. The highest BCUT2D eigenvalue weighted by Crippen LogP contribution is 2.28. The fourth-order valence-electron chi connectivity index (χ4n) is 3.39. The van der Waals surface area contributed by atoms with Gasteiger partial charge in [0.05, 0.1) is 36.9 Å². The molecule has 2 heterocycles. The summed E-state index contributed by atoms with van der Waals surface area (Å²) < 4.78 is 25.6. The van der Waals surface area contributed by atoms with Gasteiger partial charge in [-0.05, 0) is 35.9 Å². The van der Waals surface area contributed by atoms with E-state index in [0.29, 0.717) is 28.3 Å². The van der Waals surface area contributed by atoms with E-state index in [1.165, 1.54) is 30.1 Å². The summed E-state index contributed by atoms with van der Waals surface area (Å²) >= 11 is 0. The van der Waals surface area contributed by atoms with E-state index < -0.39 is 0 Å². The van der Waals surface area contributed by atoms with E-state index in [4.69, 9.17) is 9.47 Å². The van der Waals surface area contributed by atoms with Crippen LogP contribution in [0.2, 0.25) is 0 Å². The van der Waals surface area contributed by atoms with Gasteiger partial charge in [-0.1, -0.05) is 24.3 Å². The van der Waals surface area contributed by atoms with Crippen molar-refractivity contribution in [3.8, 4) is 23.0 Å². The van der Waals surface area contributed by atoms with Crippen LogP contribution in [0, 0.1) is 5.82 Å². The maximum atomic E-state index is 13.4. The van der Waals surface area contributed by atoms with Crippen molar-refractivity contribution in [1.29, 1.82) is 0 Å². The number of hydrogen-bond donors (Lipinski definition) is 1. The van der Waals surface area contributed by atoms with Gasteiger partial charge in [0, 0.05) is 25.4 Å². The molecule has 4 aromatic rings. The van der Waals surface area contributed by atoms with Crippen LogP contribution in [-0.2, 0) is 17.9 Å². The Kier molecular flexibility index (Phi) is 6.70. The first-order valence-corrected chi connectivity index (χ1v) is 10.2. The summed E-state index contributed by atoms with van der Waals surface area (Å²) in [5.41, 5.74) is 2.91. The molecule has 4 rings (SSSR count). The predicted octanol–water partition coefficient (Wildman–Crippen LogP) is 3.55. The van der Waals surface area contributed by atoms with Crippen LogP contribution in [0.25, 0.3) is 17.2 Å². The standard InChI is InChI=1S/C24H22FN5O3/c1-32-15-21-19(23(31)27-13-16-6-5-7-17(25)12-16)14-28-30(21)24-26-11-10-20(29-24)18-8-3-4-9-22(18)33-2/h3-12,14H,13,15H2,1-2H3,(H,27,31). The zero-order valence-electron chi connectivity index (χ0n) is 18.2. The monoisotopic (exact) mass is 447 g/mol. The Hall–Kier alpha value is -4.11. The Balaban J connectivity index is 1.63. The number of amides is 1. The third-order valence-electron chi connectivity index (χ3n) is 4.95. The highest BCUT2D eigenvalue weighted by atomic mass is 19.1. The van der Waals surface area contributed by atoms with Gasteiger partial charge in [-0.3, -0.25) is 4.79 Å². The Morgan fingerprint density at radius 3 is 2.76 bits per heavy atom. The Bertz CT molecular complexity index is 1270. The first-order chi connectivity index (χ1) is 16.1. The van der Waals surface area contributed by atoms with E-state index in [2.05, 4.69) is 20.4 Å². The van der Waals surface area contributed by atoms with E-state index in [9.17, 15) is 9.18 Å². The first kappa shape index (κ1) is 22.1. The van der Waals surface area contributed by atoms with Crippen LogP contribution in [-0.4, -0.2) is 39.9 Å². The normalized spacial score (nSPS) is 10.8. The second-order valence-corrected chi connectivity index (χ2v) is 7.10. The highest BCUT2D eigenvalue weighted by molar-refractivity contribution is 5.95. The molecule has 9 heteroatoms. The van der Waals surface area contributed by atoms with Gasteiger partial charge in [0.25, 0.3) is 11.9 Å². The van der Waals surface area contributed by atoms with Gasteiger partial charge >= 0.3 is 0 Å². The lowest BCUT2D eigenvalue weighted by Gasteiger charge is -2.11. The topological polar surface area (TPSA) is 91.2 Å². The second-order valence-electron chi connectivity index (χ2n) is 7.10. The molecule has 0 saturated heterocycles. The van der Waals surface area contributed by atoms with E-state index in [1.54, 1.807) is 31.5 Å². The number of benzene rings is 2. The van der Waals surface area contributed by atoms with Crippen LogP contribution in [0.5, 0.6) is 5.75 Å². The van der Waals surface area contributed by atoms with Crippen LogP contribution < -0.4 is 10.1 Å². The summed E-state index contributed by atoms with van der Waals surface area (Å²) in [4.78, 5) is 21.8. The van der Waals surface area contributed by atoms with Crippen molar-refractivity contribution in [3.63, 3.8) is 0 Å². The lowest BCUT2D eigenvalue weighted by atomic mass is 10.1. The number of aromatic nitrogens is 4. The fraction of sp³-hybridized carbons (Fsp3) is 0.167. The van der Waals surface area contributed by atoms with Crippen LogP contribution in [0.15, 0.2) is 67.0 Å². The molecule has 1 N–H and O–H groups in total. The third kappa shape index (κ3) is 4.88. The molecule has 0 saturated carbocycles. The maximum absolute atomic E-state index is 13.4. The number of rotatable bonds is 8. The molecule has 0 unspecified atom stereocenters. The largest absolute Gasteiger partial charge is 0.496 e. The number of ether oxygens (including phenoxy) is 2. The number of carbonyl (C=O) groups is 1. The molecular formula is C24H22FN5O3. The van der Waals surface area contributed by atoms with Crippen LogP contribution in [0.4, 0.5) is 4.39 Å². The number of nitrogens with one attached hydrogen (secondary N) is 1. The Morgan fingerprint density at radius 1 is 1.12 bits per heavy atom. The summed E-state index contributed by atoms with van der Waals surface area (Å²) in [7, 11) is 3.12. The Labute approximate surface area is 190 Å².